The van der Waals surface area contributed by atoms with Gasteiger partial charge in [-0.1, -0.05) is 38.1 Å². The maximum atomic E-state index is 12.6. The molecule has 33 heavy (non-hydrogen) atoms. The van der Waals surface area contributed by atoms with E-state index in [2.05, 4.69) is 22.9 Å². The average molecular weight is 451 g/mol. The number of amides is 4. The standard InChI is InChI=1S/C25H30N4O4/c1-5-14-29-16(3)21(23(30)33-4)22(28-25(29)32)18-10-12-19(13-11-18)26-24(31)27-20-9-7-8-17(6-2)15-20/h7-13,15,22H,5-6,14H2,1-4H3,(H,28,32)(H2,26,27,31)/t22-/m1/s1. The lowest BCUT2D eigenvalue weighted by molar-refractivity contribution is -0.136. The highest BCUT2D eigenvalue weighted by Gasteiger charge is 2.35. The van der Waals surface area contributed by atoms with Crippen molar-refractivity contribution in [1.29, 1.82) is 0 Å². The molecule has 2 aromatic carbocycles. The molecule has 1 atom stereocenters. The minimum absolute atomic E-state index is 0.261. The Labute approximate surface area is 194 Å². The van der Waals surface area contributed by atoms with Crippen molar-refractivity contribution >= 4 is 29.4 Å². The summed E-state index contributed by atoms with van der Waals surface area (Å²) in [5, 5.41) is 8.51. The van der Waals surface area contributed by atoms with Crippen LogP contribution in [0, 0.1) is 0 Å². The maximum Gasteiger partial charge on any atom is 0.337 e. The Bertz CT molecular complexity index is 1060. The van der Waals surface area contributed by atoms with Crippen molar-refractivity contribution in [2.45, 2.75) is 39.7 Å². The van der Waals surface area contributed by atoms with Gasteiger partial charge in [-0.15, -0.1) is 0 Å². The molecule has 0 radical (unpaired) electrons. The number of carbonyl (C=O) groups excluding carboxylic acids is 3. The summed E-state index contributed by atoms with van der Waals surface area (Å²) < 4.78 is 4.98. The molecule has 174 valence electrons. The third kappa shape index (κ3) is 5.52. The molecule has 0 aromatic heterocycles. The molecule has 4 amide bonds. The van der Waals surface area contributed by atoms with Gasteiger partial charge in [0, 0.05) is 23.6 Å². The average Bonchev–Trinajstić information content (AvgIpc) is 2.81. The first-order chi connectivity index (χ1) is 15.9. The minimum atomic E-state index is -0.641. The van der Waals surface area contributed by atoms with Crippen LogP contribution in [0.25, 0.3) is 0 Å². The van der Waals surface area contributed by atoms with Gasteiger partial charge in [-0.2, -0.15) is 0 Å². The number of carbonyl (C=O) groups is 3. The van der Waals surface area contributed by atoms with Crippen molar-refractivity contribution in [3.05, 3.63) is 70.9 Å². The second kappa shape index (κ2) is 10.7. The van der Waals surface area contributed by atoms with Gasteiger partial charge < -0.3 is 20.7 Å². The Balaban J connectivity index is 1.77. The maximum absolute atomic E-state index is 12.6. The Morgan fingerprint density at radius 1 is 1.06 bits per heavy atom. The fraction of sp³-hybridized carbons (Fsp3) is 0.320. The molecule has 1 heterocycles. The zero-order valence-electron chi connectivity index (χ0n) is 19.4. The highest BCUT2D eigenvalue weighted by atomic mass is 16.5. The van der Waals surface area contributed by atoms with Crippen molar-refractivity contribution < 1.29 is 19.1 Å². The summed E-state index contributed by atoms with van der Waals surface area (Å²) in [4.78, 5) is 39.1. The fourth-order valence-corrected chi connectivity index (χ4v) is 3.82. The number of nitrogens with one attached hydrogen (secondary N) is 3. The summed E-state index contributed by atoms with van der Waals surface area (Å²) in [6, 6.07) is 13.4. The van der Waals surface area contributed by atoms with E-state index in [0.717, 1.165) is 18.4 Å². The van der Waals surface area contributed by atoms with Gasteiger partial charge in [0.05, 0.1) is 18.7 Å². The monoisotopic (exact) mass is 450 g/mol. The van der Waals surface area contributed by atoms with Crippen LogP contribution in [0.2, 0.25) is 0 Å². The van der Waals surface area contributed by atoms with E-state index >= 15 is 0 Å². The van der Waals surface area contributed by atoms with E-state index in [1.54, 1.807) is 36.1 Å². The van der Waals surface area contributed by atoms with Crippen LogP contribution in [0.3, 0.4) is 0 Å². The number of hydrogen-bond donors (Lipinski definition) is 3. The summed E-state index contributed by atoms with van der Waals surface area (Å²) in [6.45, 7) is 6.28. The topological polar surface area (TPSA) is 99.8 Å². The summed E-state index contributed by atoms with van der Waals surface area (Å²) in [7, 11) is 1.32. The molecule has 1 aliphatic rings. The van der Waals surface area contributed by atoms with Crippen LogP contribution in [0.15, 0.2) is 59.8 Å². The molecule has 0 unspecified atom stereocenters. The van der Waals surface area contributed by atoms with Gasteiger partial charge in [-0.05, 0) is 55.2 Å². The van der Waals surface area contributed by atoms with Crippen LogP contribution < -0.4 is 16.0 Å². The molecule has 1 aliphatic heterocycles. The number of aryl methyl sites for hydroxylation is 1. The third-order valence-corrected chi connectivity index (χ3v) is 5.54. The van der Waals surface area contributed by atoms with Crippen LogP contribution in [0.1, 0.15) is 44.4 Å². The number of benzene rings is 2. The van der Waals surface area contributed by atoms with E-state index in [1.807, 2.05) is 31.2 Å². The lowest BCUT2D eigenvalue weighted by Crippen LogP contribution is -2.48. The van der Waals surface area contributed by atoms with Crippen LogP contribution in [0.5, 0.6) is 0 Å². The summed E-state index contributed by atoms with van der Waals surface area (Å²) >= 11 is 0. The highest BCUT2D eigenvalue weighted by molar-refractivity contribution is 6.00. The number of hydrogen-bond acceptors (Lipinski definition) is 4. The molecule has 0 aliphatic carbocycles. The molecular weight excluding hydrogens is 420 g/mol. The van der Waals surface area contributed by atoms with Crippen molar-refractivity contribution in [1.82, 2.24) is 10.2 Å². The number of esters is 1. The van der Waals surface area contributed by atoms with Crippen molar-refractivity contribution in [2.24, 2.45) is 0 Å². The van der Waals surface area contributed by atoms with Crippen LogP contribution in [-0.4, -0.2) is 36.6 Å². The van der Waals surface area contributed by atoms with Crippen molar-refractivity contribution in [3.63, 3.8) is 0 Å². The van der Waals surface area contributed by atoms with Crippen LogP contribution >= 0.6 is 0 Å². The number of methoxy groups -OCH3 is 1. The molecule has 0 saturated heterocycles. The first-order valence-electron chi connectivity index (χ1n) is 11.0. The SMILES string of the molecule is CCCN1C(=O)N[C@H](c2ccc(NC(=O)Nc3cccc(CC)c3)cc2)C(C(=O)OC)=C1C. The smallest absolute Gasteiger partial charge is 0.337 e. The first-order valence-corrected chi connectivity index (χ1v) is 11.0. The second-order valence-electron chi connectivity index (χ2n) is 7.78. The molecular formula is C25H30N4O4. The Morgan fingerprint density at radius 3 is 2.39 bits per heavy atom. The summed E-state index contributed by atoms with van der Waals surface area (Å²) in [5.74, 6) is -0.491. The first kappa shape index (κ1) is 23.8. The van der Waals surface area contributed by atoms with Gasteiger partial charge >= 0.3 is 18.0 Å². The van der Waals surface area contributed by atoms with Crippen LogP contribution in [0.4, 0.5) is 21.0 Å². The van der Waals surface area contributed by atoms with Gasteiger partial charge in [0.25, 0.3) is 0 Å². The normalized spacial score (nSPS) is 15.7. The number of nitrogens with zero attached hydrogens (tertiary/aromatic N) is 1. The molecule has 8 nitrogen and oxygen atoms in total. The van der Waals surface area contributed by atoms with E-state index in [0.29, 0.717) is 34.8 Å². The molecule has 0 fully saturated rings. The molecule has 0 spiro atoms. The molecule has 2 aromatic rings. The minimum Gasteiger partial charge on any atom is -0.466 e. The predicted molar refractivity (Wildman–Crippen MR) is 128 cm³/mol. The van der Waals surface area contributed by atoms with Crippen molar-refractivity contribution in [3.8, 4) is 0 Å². The van der Waals surface area contributed by atoms with Gasteiger partial charge in [0.2, 0.25) is 0 Å². The molecule has 0 bridgehead atoms. The van der Waals surface area contributed by atoms with E-state index < -0.39 is 12.0 Å². The lowest BCUT2D eigenvalue weighted by Gasteiger charge is -2.35. The molecule has 0 saturated carbocycles. The Kier molecular flexibility index (Phi) is 7.71. The van der Waals surface area contributed by atoms with E-state index in [9.17, 15) is 14.4 Å². The predicted octanol–water partition coefficient (Wildman–Crippen LogP) is 4.82. The van der Waals surface area contributed by atoms with Crippen LogP contribution in [-0.2, 0) is 16.0 Å². The fourth-order valence-electron chi connectivity index (χ4n) is 3.82. The largest absolute Gasteiger partial charge is 0.466 e. The molecule has 3 rings (SSSR count). The van der Waals surface area contributed by atoms with Crippen molar-refractivity contribution in [2.75, 3.05) is 24.3 Å². The molecule has 3 N–H and O–H groups in total. The summed E-state index contributed by atoms with van der Waals surface area (Å²) in [5.41, 5.74) is 4.11. The van der Waals surface area contributed by atoms with E-state index in [1.165, 1.54) is 7.11 Å². The Hall–Kier alpha value is -3.81. The number of ether oxygens (including phenoxy) is 1. The number of urea groups is 2. The third-order valence-electron chi connectivity index (χ3n) is 5.54. The zero-order valence-corrected chi connectivity index (χ0v) is 19.4. The molecule has 8 heteroatoms. The number of rotatable bonds is 7. The van der Waals surface area contributed by atoms with Gasteiger partial charge in [0.1, 0.15) is 0 Å². The van der Waals surface area contributed by atoms with Gasteiger partial charge in [0.15, 0.2) is 0 Å². The van der Waals surface area contributed by atoms with Gasteiger partial charge in [-0.25, -0.2) is 14.4 Å². The Morgan fingerprint density at radius 2 is 1.76 bits per heavy atom. The van der Waals surface area contributed by atoms with E-state index in [4.69, 9.17) is 4.74 Å². The number of allylic oxidation sites excluding steroid dienone is 1. The highest BCUT2D eigenvalue weighted by Crippen LogP contribution is 2.32. The lowest BCUT2D eigenvalue weighted by atomic mass is 9.94. The number of anilines is 2. The zero-order chi connectivity index (χ0) is 24.0. The summed E-state index contributed by atoms with van der Waals surface area (Å²) in [6.07, 6.45) is 1.64. The quantitative estimate of drug-likeness (QED) is 0.527. The second-order valence-corrected chi connectivity index (χ2v) is 7.78. The van der Waals surface area contributed by atoms with Gasteiger partial charge in [-0.3, -0.25) is 4.90 Å². The van der Waals surface area contributed by atoms with E-state index in [-0.39, 0.29) is 12.1 Å².